The van der Waals surface area contributed by atoms with Crippen molar-refractivity contribution in [1.29, 1.82) is 0 Å². The lowest BCUT2D eigenvalue weighted by Crippen LogP contribution is -2.38. The van der Waals surface area contributed by atoms with E-state index >= 15 is 0 Å². The van der Waals surface area contributed by atoms with Gasteiger partial charge < -0.3 is 10.2 Å². The monoisotopic (exact) mass is 452 g/mol. The quantitative estimate of drug-likeness (QED) is 0.641. The van der Waals surface area contributed by atoms with Crippen LogP contribution in [0, 0.1) is 10.8 Å². The second kappa shape index (κ2) is 6.73. The fraction of sp³-hybridized carbons (Fsp3) is 0.636. The molecule has 2 aliphatic heterocycles. The van der Waals surface area contributed by atoms with Crippen LogP contribution in [-0.4, -0.2) is 39.4 Å². The Bertz CT molecular complexity index is 999. The van der Waals surface area contributed by atoms with E-state index < -0.39 is 18.3 Å². The number of halogens is 3. The lowest BCUT2D eigenvalue weighted by atomic mass is 9.65. The Balaban J connectivity index is 1.46. The lowest BCUT2D eigenvalue weighted by molar-refractivity contribution is -0.173. The molecule has 31 heavy (non-hydrogen) atoms. The number of likely N-dealkylation sites (tertiary alicyclic amines) is 1. The third-order valence-electron chi connectivity index (χ3n) is 6.97. The highest BCUT2D eigenvalue weighted by molar-refractivity contribution is 7.10. The fourth-order valence-corrected chi connectivity index (χ4v) is 6.99. The number of carbonyl (C=O) groups excluding carboxylic acids is 1. The third kappa shape index (κ3) is 3.64. The van der Waals surface area contributed by atoms with Crippen molar-refractivity contribution in [2.75, 3.05) is 11.9 Å². The molecular formula is C22H27F3N4OS. The number of hydrogen-bond donors (Lipinski definition) is 1. The first-order valence-corrected chi connectivity index (χ1v) is 11.6. The van der Waals surface area contributed by atoms with Gasteiger partial charge in [0.1, 0.15) is 5.82 Å². The number of anilines is 1. The number of hydrogen-bond acceptors (Lipinski definition) is 4. The van der Waals surface area contributed by atoms with E-state index in [1.807, 2.05) is 22.4 Å². The minimum Gasteiger partial charge on any atom is -0.363 e. The molecule has 1 saturated heterocycles. The highest BCUT2D eigenvalue weighted by Crippen LogP contribution is 2.53. The molecule has 2 bridgehead atoms. The summed E-state index contributed by atoms with van der Waals surface area (Å²) in [6.45, 7) is 7.29. The van der Waals surface area contributed by atoms with E-state index in [1.165, 1.54) is 17.4 Å². The topological polar surface area (TPSA) is 50.2 Å². The van der Waals surface area contributed by atoms with Crippen LogP contribution in [0.1, 0.15) is 73.9 Å². The Labute approximate surface area is 183 Å². The van der Waals surface area contributed by atoms with Gasteiger partial charge in [-0.15, -0.1) is 11.3 Å². The molecule has 0 unspecified atom stereocenters. The van der Waals surface area contributed by atoms with E-state index in [2.05, 4.69) is 31.2 Å². The van der Waals surface area contributed by atoms with Crippen LogP contribution in [-0.2, 0) is 0 Å². The van der Waals surface area contributed by atoms with Crippen LogP contribution >= 0.6 is 11.3 Å². The number of rotatable bonds is 2. The SMILES string of the molecule is CC1(C)C[C@H]2C[C@@](C)(CN2C(=O)c2cc3n(n2)[C@@H](C(F)(F)F)C[C@@H](c2cccs2)N3)C1. The summed E-state index contributed by atoms with van der Waals surface area (Å²) in [7, 11) is 0. The predicted molar refractivity (Wildman–Crippen MR) is 113 cm³/mol. The molecule has 5 nitrogen and oxygen atoms in total. The van der Waals surface area contributed by atoms with Gasteiger partial charge in [0.2, 0.25) is 0 Å². The van der Waals surface area contributed by atoms with E-state index in [4.69, 9.17) is 0 Å². The molecule has 2 fully saturated rings. The fourth-order valence-electron chi connectivity index (χ4n) is 6.20. The molecule has 1 amide bonds. The number of amides is 1. The smallest absolute Gasteiger partial charge is 0.363 e. The van der Waals surface area contributed by atoms with Crippen LogP contribution in [0.3, 0.4) is 0 Å². The Morgan fingerprint density at radius 2 is 2.06 bits per heavy atom. The summed E-state index contributed by atoms with van der Waals surface area (Å²) in [6.07, 6.45) is -1.70. The molecule has 1 saturated carbocycles. The molecule has 0 spiro atoms. The molecule has 2 aromatic rings. The molecule has 4 heterocycles. The van der Waals surface area contributed by atoms with Crippen LogP contribution in [0.25, 0.3) is 0 Å². The van der Waals surface area contributed by atoms with Crippen molar-refractivity contribution in [2.45, 2.75) is 70.8 Å². The second-order valence-corrected chi connectivity index (χ2v) is 11.5. The summed E-state index contributed by atoms with van der Waals surface area (Å²) in [5, 5.41) is 9.21. The van der Waals surface area contributed by atoms with E-state index in [1.54, 1.807) is 0 Å². The maximum atomic E-state index is 13.9. The van der Waals surface area contributed by atoms with Gasteiger partial charge in [-0.3, -0.25) is 4.79 Å². The number of fused-ring (bicyclic) bond motifs is 3. The standard InChI is InChI=1S/C22H27F3N4OS/c1-20(2)9-13-10-21(3,11-20)12-28(13)19(30)15-8-18-26-14(16-5-4-6-31-16)7-17(22(23,24)25)29(18)27-15/h4-6,8,13-14,17,26H,7,9-12H2,1-3H3/t13-,14-,17+,21+/m0/s1. The van der Waals surface area contributed by atoms with Crippen molar-refractivity contribution in [2.24, 2.45) is 10.8 Å². The van der Waals surface area contributed by atoms with Crippen LogP contribution in [0.5, 0.6) is 0 Å². The van der Waals surface area contributed by atoms with Gasteiger partial charge in [0.05, 0.1) is 6.04 Å². The largest absolute Gasteiger partial charge is 0.410 e. The van der Waals surface area contributed by atoms with Gasteiger partial charge in [0, 0.05) is 30.0 Å². The zero-order valence-corrected chi connectivity index (χ0v) is 18.7. The van der Waals surface area contributed by atoms with Gasteiger partial charge >= 0.3 is 6.18 Å². The van der Waals surface area contributed by atoms with Gasteiger partial charge in [0.15, 0.2) is 11.7 Å². The maximum absolute atomic E-state index is 13.9. The number of thiophene rings is 1. The van der Waals surface area contributed by atoms with Gasteiger partial charge in [-0.05, 0) is 41.5 Å². The molecular weight excluding hydrogens is 425 g/mol. The lowest BCUT2D eigenvalue weighted by Gasteiger charge is -2.39. The van der Waals surface area contributed by atoms with Gasteiger partial charge in [-0.25, -0.2) is 4.68 Å². The first kappa shape index (κ1) is 20.8. The van der Waals surface area contributed by atoms with E-state index in [-0.39, 0.29) is 40.7 Å². The second-order valence-electron chi connectivity index (χ2n) is 10.5. The van der Waals surface area contributed by atoms with Crippen molar-refractivity contribution >= 4 is 23.1 Å². The first-order chi connectivity index (χ1) is 14.4. The van der Waals surface area contributed by atoms with Crippen LogP contribution in [0.15, 0.2) is 23.6 Å². The molecule has 0 radical (unpaired) electrons. The van der Waals surface area contributed by atoms with Gasteiger partial charge in [-0.1, -0.05) is 26.8 Å². The number of nitrogens with zero attached hydrogens (tertiary/aromatic N) is 3. The Kier molecular flexibility index (Phi) is 4.53. The predicted octanol–water partition coefficient (Wildman–Crippen LogP) is 5.65. The first-order valence-electron chi connectivity index (χ1n) is 10.7. The van der Waals surface area contributed by atoms with Crippen LogP contribution in [0.4, 0.5) is 19.0 Å². The average Bonchev–Trinajstić information content (AvgIpc) is 3.35. The number of carbonyl (C=O) groups is 1. The van der Waals surface area contributed by atoms with E-state index in [9.17, 15) is 18.0 Å². The molecule has 9 heteroatoms. The molecule has 1 aliphatic carbocycles. The molecule has 5 rings (SSSR count). The normalized spacial score (nSPS) is 31.9. The zero-order valence-electron chi connectivity index (χ0n) is 17.9. The Hall–Kier alpha value is -2.03. The summed E-state index contributed by atoms with van der Waals surface area (Å²) < 4.78 is 42.6. The maximum Gasteiger partial charge on any atom is 0.410 e. The highest BCUT2D eigenvalue weighted by atomic mass is 32.1. The number of alkyl halides is 3. The molecule has 1 N–H and O–H groups in total. The Morgan fingerprint density at radius 1 is 1.29 bits per heavy atom. The summed E-state index contributed by atoms with van der Waals surface area (Å²) >= 11 is 1.43. The van der Waals surface area contributed by atoms with Crippen molar-refractivity contribution < 1.29 is 18.0 Å². The summed E-state index contributed by atoms with van der Waals surface area (Å²) in [6, 6.07) is 3.07. The molecule has 168 valence electrons. The van der Waals surface area contributed by atoms with Gasteiger partial charge in [-0.2, -0.15) is 18.3 Å². The highest BCUT2D eigenvalue weighted by Gasteiger charge is 2.52. The van der Waals surface area contributed by atoms with Crippen molar-refractivity contribution in [1.82, 2.24) is 14.7 Å². The molecule has 3 aliphatic rings. The van der Waals surface area contributed by atoms with Gasteiger partial charge in [0.25, 0.3) is 5.91 Å². The summed E-state index contributed by atoms with van der Waals surface area (Å²) in [5.41, 5.74) is 0.299. The Morgan fingerprint density at radius 3 is 2.74 bits per heavy atom. The zero-order chi connectivity index (χ0) is 22.2. The van der Waals surface area contributed by atoms with E-state index in [0.717, 1.165) is 28.8 Å². The molecule has 2 aromatic heterocycles. The molecule has 4 atom stereocenters. The van der Waals surface area contributed by atoms with Crippen molar-refractivity contribution in [3.63, 3.8) is 0 Å². The van der Waals surface area contributed by atoms with Crippen molar-refractivity contribution in [3.8, 4) is 0 Å². The molecule has 0 aromatic carbocycles. The number of nitrogens with one attached hydrogen (secondary N) is 1. The number of aromatic nitrogens is 2. The summed E-state index contributed by atoms with van der Waals surface area (Å²) in [4.78, 5) is 16.1. The van der Waals surface area contributed by atoms with Crippen molar-refractivity contribution in [3.05, 3.63) is 34.2 Å². The average molecular weight is 453 g/mol. The van der Waals surface area contributed by atoms with Crippen LogP contribution in [0.2, 0.25) is 0 Å². The van der Waals surface area contributed by atoms with E-state index in [0.29, 0.717) is 6.54 Å². The third-order valence-corrected chi connectivity index (χ3v) is 7.96. The minimum absolute atomic E-state index is 0.0540. The minimum atomic E-state index is -4.44. The summed E-state index contributed by atoms with van der Waals surface area (Å²) in [5.74, 6) is -0.00671. The van der Waals surface area contributed by atoms with Crippen LogP contribution < -0.4 is 5.32 Å².